The minimum Gasteiger partial charge on any atom is -0.494 e. The number of rotatable bonds is 16. The maximum atomic E-state index is 12.1. The largest absolute Gasteiger partial charge is 0.494 e. The van der Waals surface area contributed by atoms with Crippen molar-refractivity contribution in [3.63, 3.8) is 0 Å². The van der Waals surface area contributed by atoms with Crippen LogP contribution in [0.2, 0.25) is 0 Å². The second kappa shape index (κ2) is 23.6. The molecule has 358 valence electrons. The molecule has 18 N–H and O–H groups in total. The summed E-state index contributed by atoms with van der Waals surface area (Å²) in [6.45, 7) is 8.20. The van der Waals surface area contributed by atoms with E-state index in [1.54, 1.807) is 0 Å². The van der Waals surface area contributed by atoms with E-state index in [0.29, 0.717) is 24.2 Å². The first kappa shape index (κ1) is 52.1. The molecular formula is C40H63N9O14S. The standard InChI is InChI=1S/C21H39N7O12.C19H24N2O2S/c1-5-21(36,4-30)16(40-17-9(26-2)13(34)10(31)6(3-29)38-17)18(37-5)39-15-8(28-20(24)25)11(32)7(27-19(22)23)12(33)14(15)35;1-4-22-17-9-5-15(6-10-17)20-19(24)21-16-7-11-18(12-8-16)23-13-14(2)3/h4-18,26,29,31-36H,3H2,1-2H3,(H4,22,23,27)(H4,24,25,28);5-12,14H,4,13H2,1-3H3,(H2,20,21,24)/t5-,6-,7+,8-,9-,10-,11+,12-,13-,14+,15+,16-,17-,18-,21+;/m0./s1. The number of likely N-dealkylation sites (N-methyl/N-ethyl adjacent to an activating group) is 1. The van der Waals surface area contributed by atoms with Gasteiger partial charge in [-0.15, -0.1) is 0 Å². The van der Waals surface area contributed by atoms with E-state index in [9.17, 15) is 40.5 Å². The predicted molar refractivity (Wildman–Crippen MR) is 237 cm³/mol. The molecule has 15 atom stereocenters. The summed E-state index contributed by atoms with van der Waals surface area (Å²) in [6, 6.07) is 11.4. The number of thiocarbonyl (C=S) groups is 1. The van der Waals surface area contributed by atoms with Crippen LogP contribution in [-0.4, -0.2) is 177 Å². The van der Waals surface area contributed by atoms with Gasteiger partial charge in [-0.25, -0.2) is 9.98 Å². The van der Waals surface area contributed by atoms with Gasteiger partial charge in [0.05, 0.1) is 32.0 Å². The monoisotopic (exact) mass is 925 g/mol. The Labute approximate surface area is 375 Å². The Morgan fingerprint density at radius 3 is 1.84 bits per heavy atom. The summed E-state index contributed by atoms with van der Waals surface area (Å²) in [6.07, 6.45) is -17.3. The van der Waals surface area contributed by atoms with Gasteiger partial charge in [0.15, 0.2) is 41.5 Å². The normalized spacial score (nSPS) is 33.5. The van der Waals surface area contributed by atoms with Gasteiger partial charge >= 0.3 is 0 Å². The Morgan fingerprint density at radius 1 is 0.812 bits per heavy atom. The Bertz CT molecular complexity index is 1850. The smallest absolute Gasteiger partial charge is 0.188 e. The van der Waals surface area contributed by atoms with Crippen molar-refractivity contribution in [3.05, 3.63) is 48.5 Å². The van der Waals surface area contributed by atoms with Gasteiger partial charge in [-0.05, 0) is 87.6 Å². The molecule has 2 saturated heterocycles. The lowest BCUT2D eigenvalue weighted by atomic mass is 9.81. The highest BCUT2D eigenvalue weighted by Crippen LogP contribution is 2.38. The molecule has 0 radical (unpaired) electrons. The summed E-state index contributed by atoms with van der Waals surface area (Å²) in [5.74, 6) is 1.18. The van der Waals surface area contributed by atoms with Crippen LogP contribution in [0.4, 0.5) is 11.4 Å². The molecule has 5 rings (SSSR count). The van der Waals surface area contributed by atoms with Crippen LogP contribution in [0.1, 0.15) is 27.7 Å². The van der Waals surface area contributed by atoms with Crippen molar-refractivity contribution in [3.8, 4) is 11.5 Å². The van der Waals surface area contributed by atoms with Crippen molar-refractivity contribution in [2.24, 2.45) is 38.8 Å². The van der Waals surface area contributed by atoms with E-state index in [4.69, 9.17) is 63.6 Å². The van der Waals surface area contributed by atoms with E-state index in [2.05, 4.69) is 39.8 Å². The van der Waals surface area contributed by atoms with Crippen LogP contribution in [0, 0.1) is 5.92 Å². The number of guanidine groups is 2. The Kier molecular flexibility index (Phi) is 19.2. The zero-order valence-corrected chi connectivity index (χ0v) is 36.9. The maximum Gasteiger partial charge on any atom is 0.188 e. The van der Waals surface area contributed by atoms with Gasteiger partial charge in [0.2, 0.25) is 0 Å². The maximum absolute atomic E-state index is 12.1. The van der Waals surface area contributed by atoms with Crippen LogP contribution >= 0.6 is 12.2 Å². The molecule has 0 unspecified atom stereocenters. The number of nitrogens with one attached hydrogen (secondary N) is 3. The molecule has 2 aromatic carbocycles. The van der Waals surface area contributed by atoms with Gasteiger partial charge in [-0.1, -0.05) is 13.8 Å². The second-order valence-electron chi connectivity index (χ2n) is 15.7. The van der Waals surface area contributed by atoms with Crippen LogP contribution in [0.15, 0.2) is 58.5 Å². The first-order chi connectivity index (χ1) is 30.3. The van der Waals surface area contributed by atoms with Gasteiger partial charge in [0, 0.05) is 11.4 Å². The number of aliphatic hydroxyl groups excluding tert-OH is 6. The number of hydrogen-bond acceptors (Lipinski definition) is 18. The quantitative estimate of drug-likeness (QED) is 0.0341. The molecule has 3 aliphatic rings. The Balaban J connectivity index is 0.000000318. The first-order valence-corrected chi connectivity index (χ1v) is 20.9. The lowest BCUT2D eigenvalue weighted by Crippen LogP contribution is -2.66. The van der Waals surface area contributed by atoms with E-state index < -0.39 is 110 Å². The highest BCUT2D eigenvalue weighted by atomic mass is 32.1. The van der Waals surface area contributed by atoms with Crippen molar-refractivity contribution in [2.45, 2.75) is 119 Å². The van der Waals surface area contributed by atoms with Crippen LogP contribution in [0.25, 0.3) is 0 Å². The lowest BCUT2D eigenvalue weighted by Gasteiger charge is -2.45. The van der Waals surface area contributed by atoms with E-state index >= 15 is 0 Å². The number of nitrogens with two attached hydrogens (primary N) is 4. The third-order valence-electron chi connectivity index (χ3n) is 10.5. The number of carbonyl (C=O) groups excluding carboxylic acids is 1. The number of nitrogens with zero attached hydrogens (tertiary/aromatic N) is 2. The number of ether oxygens (including phenoxy) is 6. The minimum atomic E-state index is -2.38. The van der Waals surface area contributed by atoms with Gasteiger partial charge in [0.1, 0.15) is 72.4 Å². The van der Waals surface area contributed by atoms with Crippen molar-refractivity contribution < 1.29 is 69.0 Å². The van der Waals surface area contributed by atoms with Crippen molar-refractivity contribution >= 4 is 46.9 Å². The summed E-state index contributed by atoms with van der Waals surface area (Å²) in [4.78, 5) is 19.7. The Morgan fingerprint density at radius 2 is 1.36 bits per heavy atom. The number of aliphatic imine (C=N–C) groups is 2. The molecule has 0 amide bonds. The van der Waals surface area contributed by atoms with E-state index in [1.807, 2.05) is 55.5 Å². The number of anilines is 2. The third kappa shape index (κ3) is 13.1. The summed E-state index contributed by atoms with van der Waals surface area (Å²) < 4.78 is 34.0. The van der Waals surface area contributed by atoms with Crippen molar-refractivity contribution in [1.82, 2.24) is 5.32 Å². The molecule has 2 heterocycles. The van der Waals surface area contributed by atoms with E-state index in [1.165, 1.54) is 14.0 Å². The number of benzene rings is 2. The molecule has 1 saturated carbocycles. The average molecular weight is 926 g/mol. The topological polar surface area (TPSA) is 379 Å². The molecule has 2 aromatic rings. The highest BCUT2D eigenvalue weighted by molar-refractivity contribution is 7.80. The van der Waals surface area contributed by atoms with Crippen LogP contribution < -0.4 is 48.4 Å². The lowest BCUT2D eigenvalue weighted by molar-refractivity contribution is -0.314. The van der Waals surface area contributed by atoms with Gasteiger partial charge < -0.3 is 103 Å². The number of carbonyl (C=O) groups is 1. The first-order valence-electron chi connectivity index (χ1n) is 20.5. The molecule has 3 fully saturated rings. The fraction of sp³-hybridized carbons (Fsp3) is 0.600. The second-order valence-corrected chi connectivity index (χ2v) is 16.1. The van der Waals surface area contributed by atoms with Crippen LogP contribution in [0.3, 0.4) is 0 Å². The number of hydrogen-bond donors (Lipinski definition) is 14. The van der Waals surface area contributed by atoms with E-state index in [0.717, 1.165) is 22.9 Å². The van der Waals surface area contributed by atoms with E-state index in [-0.39, 0.29) is 6.29 Å². The predicted octanol–water partition coefficient (Wildman–Crippen LogP) is -3.23. The average Bonchev–Trinajstić information content (AvgIpc) is 3.48. The van der Waals surface area contributed by atoms with Crippen LogP contribution in [-0.2, 0) is 23.7 Å². The zero-order chi connectivity index (χ0) is 47.5. The minimum absolute atomic E-state index is 0.140. The molecule has 0 aromatic heterocycles. The van der Waals surface area contributed by atoms with Gasteiger partial charge in [-0.2, -0.15) is 0 Å². The molecular weight excluding hydrogens is 863 g/mol. The summed E-state index contributed by atoms with van der Waals surface area (Å²) in [5, 5.41) is 83.5. The number of aliphatic hydroxyl groups is 7. The van der Waals surface area contributed by atoms with Crippen molar-refractivity contribution in [1.29, 1.82) is 0 Å². The summed E-state index contributed by atoms with van der Waals surface area (Å²) in [5.41, 5.74) is 21.2. The van der Waals surface area contributed by atoms with Crippen LogP contribution in [0.5, 0.6) is 11.5 Å². The molecule has 64 heavy (non-hydrogen) atoms. The Hall–Kier alpha value is -4.54. The SMILES string of the molecule is CCOc1ccc(NC(=S)Nc2ccc(OCC(C)C)cc2)cc1.CN[C@@H]1[C@H](O[C@H]2[C@H](O[C@H]3[C@H](O)[C@@H](O)[C@H](N=C(N)N)[C@@H](O)[C@@H]3N=C(N)N)O[C@@H](C)[C@]2(O)C=O)O[C@@H](CO)[C@H](O)[C@H]1O. The fourth-order valence-corrected chi connectivity index (χ4v) is 7.31. The summed E-state index contributed by atoms with van der Waals surface area (Å²) in [7, 11) is 1.42. The molecule has 2 aliphatic heterocycles. The highest BCUT2D eigenvalue weighted by Gasteiger charge is 2.61. The van der Waals surface area contributed by atoms with Crippen molar-refractivity contribution in [2.75, 3.05) is 37.5 Å². The molecule has 0 bridgehead atoms. The fourth-order valence-electron chi connectivity index (χ4n) is 7.07. The molecule has 0 spiro atoms. The van der Waals surface area contributed by atoms with Gasteiger partial charge in [-0.3, -0.25) is 4.79 Å². The number of aldehydes is 1. The summed E-state index contributed by atoms with van der Waals surface area (Å²) >= 11 is 5.34. The zero-order valence-electron chi connectivity index (χ0n) is 36.1. The molecule has 24 heteroatoms. The third-order valence-corrected chi connectivity index (χ3v) is 10.7. The molecule has 1 aliphatic carbocycles. The molecule has 23 nitrogen and oxygen atoms in total. The van der Waals surface area contributed by atoms with Gasteiger partial charge in [0.25, 0.3) is 0 Å².